The molecule has 0 radical (unpaired) electrons. The van der Waals surface area contributed by atoms with Crippen LogP contribution in [0.2, 0.25) is 0 Å². The fourth-order valence-electron chi connectivity index (χ4n) is 1.66. The third-order valence-corrected chi connectivity index (χ3v) is 3.10. The number of hydrogen-bond donors (Lipinski definition) is 2. The Morgan fingerprint density at radius 1 is 1.50 bits per heavy atom. The minimum atomic E-state index is -0.484. The lowest BCUT2D eigenvalue weighted by Gasteiger charge is -2.05. The number of nitrogens with one attached hydrogen (secondary N) is 1. The summed E-state index contributed by atoms with van der Waals surface area (Å²) in [5.74, 6) is 5.05. The summed E-state index contributed by atoms with van der Waals surface area (Å²) in [7, 11) is 0. The van der Waals surface area contributed by atoms with E-state index < -0.39 is 11.7 Å². The highest BCUT2D eigenvalue weighted by molar-refractivity contribution is 9.10. The Bertz CT molecular complexity index is 643. The SMILES string of the molecule is Cc1oc(COc2ccc(Br)cc2F)cc1C(=O)NN. The Kier molecular flexibility index (Phi) is 4.41. The Morgan fingerprint density at radius 2 is 2.25 bits per heavy atom. The molecule has 0 fully saturated rings. The summed E-state index contributed by atoms with van der Waals surface area (Å²) in [4.78, 5) is 11.4. The van der Waals surface area contributed by atoms with Crippen LogP contribution in [-0.4, -0.2) is 5.91 Å². The van der Waals surface area contributed by atoms with Crippen molar-refractivity contribution in [2.45, 2.75) is 13.5 Å². The lowest BCUT2D eigenvalue weighted by molar-refractivity contribution is 0.0952. The maximum Gasteiger partial charge on any atom is 0.268 e. The molecule has 2 aromatic rings. The van der Waals surface area contributed by atoms with Crippen molar-refractivity contribution in [1.82, 2.24) is 5.43 Å². The van der Waals surface area contributed by atoms with E-state index in [9.17, 15) is 9.18 Å². The molecule has 1 aromatic carbocycles. The van der Waals surface area contributed by atoms with Crippen molar-refractivity contribution in [3.63, 3.8) is 0 Å². The molecule has 7 heteroatoms. The van der Waals surface area contributed by atoms with Gasteiger partial charge in [-0.1, -0.05) is 15.9 Å². The van der Waals surface area contributed by atoms with Gasteiger partial charge in [0.25, 0.3) is 5.91 Å². The van der Waals surface area contributed by atoms with Gasteiger partial charge in [0.2, 0.25) is 0 Å². The maximum atomic E-state index is 13.6. The Morgan fingerprint density at radius 3 is 2.90 bits per heavy atom. The fraction of sp³-hybridized carbons (Fsp3) is 0.154. The summed E-state index contributed by atoms with van der Waals surface area (Å²) in [6, 6.07) is 5.98. The molecule has 20 heavy (non-hydrogen) atoms. The summed E-state index contributed by atoms with van der Waals surface area (Å²) in [5, 5.41) is 0. The van der Waals surface area contributed by atoms with Crippen LogP contribution in [0.4, 0.5) is 4.39 Å². The first kappa shape index (κ1) is 14.5. The van der Waals surface area contributed by atoms with Gasteiger partial charge in [0, 0.05) is 4.47 Å². The monoisotopic (exact) mass is 342 g/mol. The van der Waals surface area contributed by atoms with Crippen LogP contribution >= 0.6 is 15.9 Å². The fourth-order valence-corrected chi connectivity index (χ4v) is 1.99. The lowest BCUT2D eigenvalue weighted by Crippen LogP contribution is -2.30. The van der Waals surface area contributed by atoms with Gasteiger partial charge >= 0.3 is 0 Å². The first-order valence-corrected chi connectivity index (χ1v) is 6.48. The number of benzene rings is 1. The van der Waals surface area contributed by atoms with Gasteiger partial charge in [-0.05, 0) is 31.2 Å². The molecule has 1 heterocycles. The molecule has 3 N–H and O–H groups in total. The van der Waals surface area contributed by atoms with Crippen LogP contribution in [0.3, 0.4) is 0 Å². The minimum Gasteiger partial charge on any atom is -0.483 e. The molecule has 2 rings (SSSR count). The number of carbonyl (C=O) groups excluding carboxylic acids is 1. The van der Waals surface area contributed by atoms with Crippen molar-refractivity contribution >= 4 is 21.8 Å². The van der Waals surface area contributed by atoms with Crippen LogP contribution in [0, 0.1) is 12.7 Å². The Labute approximate surface area is 123 Å². The topological polar surface area (TPSA) is 77.5 Å². The second-order valence-corrected chi connectivity index (χ2v) is 4.94. The summed E-state index contributed by atoms with van der Waals surface area (Å²) in [6.07, 6.45) is 0. The first-order valence-electron chi connectivity index (χ1n) is 5.69. The third kappa shape index (κ3) is 3.17. The zero-order valence-electron chi connectivity index (χ0n) is 10.6. The molecule has 0 unspecified atom stereocenters. The summed E-state index contributed by atoms with van der Waals surface area (Å²) in [6.45, 7) is 1.64. The largest absolute Gasteiger partial charge is 0.483 e. The molecule has 0 saturated heterocycles. The van der Waals surface area contributed by atoms with Gasteiger partial charge in [0.05, 0.1) is 5.56 Å². The molecule has 0 aliphatic carbocycles. The van der Waals surface area contributed by atoms with E-state index in [4.69, 9.17) is 15.0 Å². The second-order valence-electron chi connectivity index (χ2n) is 4.02. The van der Waals surface area contributed by atoms with Gasteiger partial charge in [0.1, 0.15) is 18.1 Å². The second kappa shape index (κ2) is 6.06. The van der Waals surface area contributed by atoms with E-state index in [1.165, 1.54) is 18.2 Å². The van der Waals surface area contributed by atoms with E-state index in [2.05, 4.69) is 15.9 Å². The number of amides is 1. The number of rotatable bonds is 4. The number of carbonyl (C=O) groups is 1. The predicted molar refractivity (Wildman–Crippen MR) is 73.5 cm³/mol. The number of ether oxygens (including phenoxy) is 1. The van der Waals surface area contributed by atoms with E-state index in [-0.39, 0.29) is 12.4 Å². The molecule has 5 nitrogen and oxygen atoms in total. The molecule has 1 aromatic heterocycles. The van der Waals surface area contributed by atoms with Crippen molar-refractivity contribution in [1.29, 1.82) is 0 Å². The summed E-state index contributed by atoms with van der Waals surface area (Å²) >= 11 is 3.16. The van der Waals surface area contributed by atoms with E-state index in [0.717, 1.165) is 0 Å². The summed E-state index contributed by atoms with van der Waals surface area (Å²) < 4.78 is 24.8. The predicted octanol–water partition coefficient (Wildman–Crippen LogP) is 2.67. The molecule has 0 atom stereocenters. The van der Waals surface area contributed by atoms with Gasteiger partial charge in [-0.25, -0.2) is 10.2 Å². The average Bonchev–Trinajstić information content (AvgIpc) is 2.78. The van der Waals surface area contributed by atoms with Crippen LogP contribution in [0.1, 0.15) is 21.9 Å². The molecule has 0 saturated carbocycles. The smallest absolute Gasteiger partial charge is 0.268 e. The molecule has 0 aliphatic heterocycles. The van der Waals surface area contributed by atoms with Crippen LogP contribution in [0.25, 0.3) is 0 Å². The number of furan rings is 1. The quantitative estimate of drug-likeness (QED) is 0.508. The van der Waals surface area contributed by atoms with Crippen molar-refractivity contribution in [2.75, 3.05) is 0 Å². The van der Waals surface area contributed by atoms with Crippen LogP contribution < -0.4 is 16.0 Å². The molecule has 0 aliphatic rings. The van der Waals surface area contributed by atoms with E-state index in [0.29, 0.717) is 21.6 Å². The zero-order valence-corrected chi connectivity index (χ0v) is 12.2. The molecular formula is C13H12BrFN2O3. The minimum absolute atomic E-state index is 0.0112. The highest BCUT2D eigenvalue weighted by Crippen LogP contribution is 2.23. The number of halogens is 2. The first-order chi connectivity index (χ1) is 9.51. The molecule has 1 amide bonds. The van der Waals surface area contributed by atoms with Gasteiger partial charge < -0.3 is 9.15 Å². The molecule has 0 spiro atoms. The molecular weight excluding hydrogens is 331 g/mol. The van der Waals surface area contributed by atoms with Crippen molar-refractivity contribution in [3.8, 4) is 5.75 Å². The highest BCUT2D eigenvalue weighted by Gasteiger charge is 2.14. The van der Waals surface area contributed by atoms with Gasteiger partial charge in [-0.2, -0.15) is 0 Å². The van der Waals surface area contributed by atoms with Crippen LogP contribution in [0.5, 0.6) is 5.75 Å². The third-order valence-electron chi connectivity index (χ3n) is 2.61. The number of hydrogen-bond acceptors (Lipinski definition) is 4. The Hall–Kier alpha value is -1.86. The van der Waals surface area contributed by atoms with Crippen molar-refractivity contribution in [3.05, 3.63) is 51.6 Å². The van der Waals surface area contributed by atoms with E-state index in [1.807, 2.05) is 5.43 Å². The van der Waals surface area contributed by atoms with Gasteiger partial charge in [-0.15, -0.1) is 0 Å². The van der Waals surface area contributed by atoms with Gasteiger partial charge in [-0.3, -0.25) is 10.2 Å². The van der Waals surface area contributed by atoms with Crippen LogP contribution in [0.15, 0.2) is 33.2 Å². The Balaban J connectivity index is 2.09. The summed E-state index contributed by atoms with van der Waals surface area (Å²) in [5.41, 5.74) is 2.34. The maximum absolute atomic E-state index is 13.6. The number of hydrazine groups is 1. The van der Waals surface area contributed by atoms with Crippen molar-refractivity contribution in [2.24, 2.45) is 5.84 Å². The van der Waals surface area contributed by atoms with Crippen LogP contribution in [-0.2, 0) is 6.61 Å². The normalized spacial score (nSPS) is 10.4. The highest BCUT2D eigenvalue weighted by atomic mass is 79.9. The average molecular weight is 343 g/mol. The van der Waals surface area contributed by atoms with E-state index >= 15 is 0 Å². The number of nitrogen functional groups attached to an aromatic ring is 1. The van der Waals surface area contributed by atoms with E-state index in [1.54, 1.807) is 13.0 Å². The standard InChI is InChI=1S/C13H12BrFN2O3/c1-7-10(13(18)17-16)5-9(20-7)6-19-12-3-2-8(14)4-11(12)15/h2-5H,6,16H2,1H3,(H,17,18). The number of aryl methyl sites for hydroxylation is 1. The van der Waals surface area contributed by atoms with Crippen molar-refractivity contribution < 1.29 is 18.3 Å². The molecule has 106 valence electrons. The zero-order chi connectivity index (χ0) is 14.7. The number of nitrogens with two attached hydrogens (primary N) is 1. The molecule has 0 bridgehead atoms. The van der Waals surface area contributed by atoms with Gasteiger partial charge in [0.15, 0.2) is 11.6 Å². The lowest BCUT2D eigenvalue weighted by atomic mass is 10.2.